The Hall–Kier alpha value is -1.10. The second kappa shape index (κ2) is 7.62. The Morgan fingerprint density at radius 3 is 2.70 bits per heavy atom. The molecular formula is C15H20ClNO3. The van der Waals surface area contributed by atoms with E-state index in [1.165, 1.54) is 18.4 Å². The van der Waals surface area contributed by atoms with Crippen molar-refractivity contribution < 1.29 is 14.7 Å². The zero-order valence-electron chi connectivity index (χ0n) is 11.3. The second-order valence-electron chi connectivity index (χ2n) is 5.30. The normalized spacial score (nSPS) is 15.9. The molecule has 1 fully saturated rings. The van der Waals surface area contributed by atoms with Crippen LogP contribution in [-0.4, -0.2) is 23.8 Å². The number of benzene rings is 1. The number of rotatable bonds is 8. The summed E-state index contributed by atoms with van der Waals surface area (Å²) in [5, 5.41) is 9.34. The summed E-state index contributed by atoms with van der Waals surface area (Å²) in [5.41, 5.74) is 2.83. The van der Waals surface area contributed by atoms with Gasteiger partial charge in [0.15, 0.2) is 0 Å². The largest absolute Gasteiger partial charge is 0.377 e. The number of hydroxylamine groups is 1. The van der Waals surface area contributed by atoms with Crippen molar-refractivity contribution in [1.82, 2.24) is 5.48 Å². The van der Waals surface area contributed by atoms with Gasteiger partial charge in [-0.05, 0) is 49.3 Å². The van der Waals surface area contributed by atoms with Crippen LogP contribution in [0.4, 0.5) is 0 Å². The van der Waals surface area contributed by atoms with E-state index in [1.807, 2.05) is 24.3 Å². The average molecular weight is 298 g/mol. The summed E-state index contributed by atoms with van der Waals surface area (Å²) >= 11 is 5.85. The van der Waals surface area contributed by atoms with E-state index in [-0.39, 0.29) is 12.5 Å². The molecule has 0 radical (unpaired) electrons. The van der Waals surface area contributed by atoms with Crippen LogP contribution in [0.3, 0.4) is 0 Å². The SMILES string of the molecule is O=C(CC(CCc1ccc(Cl)cc1)OCC1CC1)NO. The number of carbonyl (C=O) groups is 1. The Bertz CT molecular complexity index is 431. The molecule has 1 aliphatic rings. The van der Waals surface area contributed by atoms with Crippen molar-refractivity contribution in [2.75, 3.05) is 6.61 Å². The van der Waals surface area contributed by atoms with E-state index in [1.54, 1.807) is 5.48 Å². The minimum atomic E-state index is -0.401. The summed E-state index contributed by atoms with van der Waals surface area (Å²) < 4.78 is 5.79. The van der Waals surface area contributed by atoms with Crippen molar-refractivity contribution in [2.45, 2.75) is 38.2 Å². The molecule has 2 rings (SSSR count). The summed E-state index contributed by atoms with van der Waals surface area (Å²) in [5.74, 6) is 0.257. The van der Waals surface area contributed by atoms with E-state index in [9.17, 15) is 4.79 Å². The number of ether oxygens (including phenoxy) is 1. The average Bonchev–Trinajstić information content (AvgIpc) is 3.27. The smallest absolute Gasteiger partial charge is 0.245 e. The van der Waals surface area contributed by atoms with E-state index in [0.29, 0.717) is 12.5 Å². The zero-order valence-corrected chi connectivity index (χ0v) is 12.1. The molecule has 1 aromatic rings. The molecule has 0 bridgehead atoms. The van der Waals surface area contributed by atoms with Crippen molar-refractivity contribution in [3.63, 3.8) is 0 Å². The highest BCUT2D eigenvalue weighted by atomic mass is 35.5. The molecule has 0 aliphatic heterocycles. The third-order valence-electron chi connectivity index (χ3n) is 3.47. The van der Waals surface area contributed by atoms with Crippen LogP contribution in [0.25, 0.3) is 0 Å². The molecular weight excluding hydrogens is 278 g/mol. The van der Waals surface area contributed by atoms with Crippen LogP contribution in [0.5, 0.6) is 0 Å². The maximum atomic E-state index is 11.3. The molecule has 0 spiro atoms. The number of hydrogen-bond acceptors (Lipinski definition) is 3. The predicted molar refractivity (Wildman–Crippen MR) is 76.8 cm³/mol. The first-order valence-electron chi connectivity index (χ1n) is 6.96. The van der Waals surface area contributed by atoms with E-state index in [4.69, 9.17) is 21.5 Å². The Balaban J connectivity index is 1.81. The van der Waals surface area contributed by atoms with Crippen molar-refractivity contribution in [3.8, 4) is 0 Å². The number of carbonyl (C=O) groups excluding carboxylic acids is 1. The third-order valence-corrected chi connectivity index (χ3v) is 3.72. The third kappa shape index (κ3) is 5.49. The number of aryl methyl sites for hydroxylation is 1. The molecule has 0 saturated heterocycles. The molecule has 1 amide bonds. The molecule has 5 heteroatoms. The maximum absolute atomic E-state index is 11.3. The fraction of sp³-hybridized carbons (Fsp3) is 0.533. The van der Waals surface area contributed by atoms with Gasteiger partial charge in [-0.15, -0.1) is 0 Å². The van der Waals surface area contributed by atoms with Gasteiger partial charge >= 0.3 is 0 Å². The minimum absolute atomic E-state index is 0.154. The first kappa shape index (κ1) is 15.3. The highest BCUT2D eigenvalue weighted by Gasteiger charge is 2.24. The van der Waals surface area contributed by atoms with Gasteiger partial charge < -0.3 is 4.74 Å². The van der Waals surface area contributed by atoms with Gasteiger partial charge in [-0.3, -0.25) is 10.0 Å². The molecule has 0 aromatic heterocycles. The molecule has 110 valence electrons. The summed E-state index contributed by atoms with van der Waals surface area (Å²) in [6.07, 6.45) is 4.05. The lowest BCUT2D eigenvalue weighted by Gasteiger charge is -2.17. The minimum Gasteiger partial charge on any atom is -0.377 e. The standard InChI is InChI=1S/C15H20ClNO3/c16-13-6-3-11(4-7-13)5-8-14(9-15(18)17-19)20-10-12-1-2-12/h3-4,6-7,12,14,19H,1-2,5,8-10H2,(H,17,18). The highest BCUT2D eigenvalue weighted by molar-refractivity contribution is 6.30. The number of halogens is 1. The van der Waals surface area contributed by atoms with Crippen LogP contribution in [0.2, 0.25) is 5.02 Å². The summed E-state index contributed by atoms with van der Waals surface area (Å²) in [7, 11) is 0. The van der Waals surface area contributed by atoms with Gasteiger partial charge in [0, 0.05) is 11.6 Å². The topological polar surface area (TPSA) is 58.6 Å². The molecule has 2 N–H and O–H groups in total. The van der Waals surface area contributed by atoms with E-state index in [0.717, 1.165) is 17.9 Å². The van der Waals surface area contributed by atoms with Gasteiger partial charge in [-0.25, -0.2) is 5.48 Å². The lowest BCUT2D eigenvalue weighted by atomic mass is 10.0. The Morgan fingerprint density at radius 1 is 1.40 bits per heavy atom. The molecule has 1 atom stereocenters. The first-order valence-corrected chi connectivity index (χ1v) is 7.34. The predicted octanol–water partition coefficient (Wildman–Crippen LogP) is 2.96. The summed E-state index contributed by atoms with van der Waals surface area (Å²) in [6.45, 7) is 0.712. The van der Waals surface area contributed by atoms with Gasteiger partial charge in [-0.2, -0.15) is 0 Å². The number of hydrogen-bond donors (Lipinski definition) is 2. The maximum Gasteiger partial charge on any atom is 0.245 e. The number of nitrogens with one attached hydrogen (secondary N) is 1. The fourth-order valence-electron chi connectivity index (χ4n) is 2.03. The molecule has 1 aromatic carbocycles. The van der Waals surface area contributed by atoms with Crippen molar-refractivity contribution in [2.24, 2.45) is 5.92 Å². The van der Waals surface area contributed by atoms with Crippen molar-refractivity contribution >= 4 is 17.5 Å². The van der Waals surface area contributed by atoms with E-state index in [2.05, 4.69) is 0 Å². The van der Waals surface area contributed by atoms with Gasteiger partial charge in [0.1, 0.15) is 0 Å². The molecule has 0 heterocycles. The number of amides is 1. The van der Waals surface area contributed by atoms with Gasteiger partial charge in [0.2, 0.25) is 5.91 Å². The van der Waals surface area contributed by atoms with E-state index >= 15 is 0 Å². The second-order valence-corrected chi connectivity index (χ2v) is 5.74. The molecule has 1 saturated carbocycles. The van der Waals surface area contributed by atoms with Crippen LogP contribution < -0.4 is 5.48 Å². The lowest BCUT2D eigenvalue weighted by Crippen LogP contribution is -2.27. The summed E-state index contributed by atoms with van der Waals surface area (Å²) in [4.78, 5) is 11.3. The molecule has 1 unspecified atom stereocenters. The molecule has 20 heavy (non-hydrogen) atoms. The highest BCUT2D eigenvalue weighted by Crippen LogP contribution is 2.29. The van der Waals surface area contributed by atoms with Gasteiger partial charge in [-0.1, -0.05) is 23.7 Å². The Kier molecular flexibility index (Phi) is 5.83. The quantitative estimate of drug-likeness (QED) is 0.573. The van der Waals surface area contributed by atoms with Crippen molar-refractivity contribution in [1.29, 1.82) is 0 Å². The van der Waals surface area contributed by atoms with Crippen LogP contribution in [-0.2, 0) is 16.0 Å². The van der Waals surface area contributed by atoms with Gasteiger partial charge in [0.05, 0.1) is 12.5 Å². The molecule has 4 nitrogen and oxygen atoms in total. The Morgan fingerprint density at radius 2 is 2.10 bits per heavy atom. The van der Waals surface area contributed by atoms with Crippen LogP contribution in [0.15, 0.2) is 24.3 Å². The summed E-state index contributed by atoms with van der Waals surface area (Å²) in [6, 6.07) is 7.67. The zero-order chi connectivity index (χ0) is 14.4. The lowest BCUT2D eigenvalue weighted by molar-refractivity contribution is -0.132. The van der Waals surface area contributed by atoms with Crippen LogP contribution >= 0.6 is 11.6 Å². The van der Waals surface area contributed by atoms with Gasteiger partial charge in [0.25, 0.3) is 0 Å². The Labute approximate surface area is 124 Å². The monoisotopic (exact) mass is 297 g/mol. The van der Waals surface area contributed by atoms with Crippen LogP contribution in [0, 0.1) is 5.92 Å². The molecule has 1 aliphatic carbocycles. The van der Waals surface area contributed by atoms with Crippen molar-refractivity contribution in [3.05, 3.63) is 34.9 Å². The fourth-order valence-corrected chi connectivity index (χ4v) is 2.16. The first-order chi connectivity index (χ1) is 9.67. The van der Waals surface area contributed by atoms with E-state index < -0.39 is 5.91 Å². The van der Waals surface area contributed by atoms with Crippen LogP contribution in [0.1, 0.15) is 31.2 Å².